The molecule has 0 amide bonds. The highest BCUT2D eigenvalue weighted by atomic mass is 16.7. The third kappa shape index (κ3) is 1.32. The second-order valence-corrected chi connectivity index (χ2v) is 3.14. The van der Waals surface area contributed by atoms with Gasteiger partial charge in [-0.25, -0.2) is 4.79 Å². The topological polar surface area (TPSA) is 85.2 Å². The third-order valence-corrected chi connectivity index (χ3v) is 2.14. The van der Waals surface area contributed by atoms with Gasteiger partial charge in [0.15, 0.2) is 18.2 Å². The molecule has 2 aliphatic heterocycles. The van der Waals surface area contributed by atoms with E-state index in [-0.39, 0.29) is 6.61 Å². The second-order valence-electron chi connectivity index (χ2n) is 3.14. The minimum Gasteiger partial charge on any atom is -0.505 e. The van der Waals surface area contributed by atoms with Crippen molar-refractivity contribution in [2.24, 2.45) is 0 Å². The summed E-state index contributed by atoms with van der Waals surface area (Å²) < 4.78 is 15.0. The first-order valence-corrected chi connectivity index (χ1v) is 4.19. The highest BCUT2D eigenvalue weighted by molar-refractivity contribution is 5.89. The van der Waals surface area contributed by atoms with Gasteiger partial charge in [0.2, 0.25) is 5.76 Å². The molecule has 0 radical (unpaired) electrons. The van der Waals surface area contributed by atoms with Crippen LogP contribution < -0.4 is 0 Å². The average molecular weight is 202 g/mol. The summed E-state index contributed by atoms with van der Waals surface area (Å²) in [5.74, 6) is -2.17. The van der Waals surface area contributed by atoms with Crippen molar-refractivity contribution < 1.29 is 29.2 Å². The quantitative estimate of drug-likeness (QED) is 0.582. The van der Waals surface area contributed by atoms with Gasteiger partial charge in [-0.05, 0) is 6.92 Å². The Hall–Kier alpha value is -1.27. The summed E-state index contributed by atoms with van der Waals surface area (Å²) in [4.78, 5) is 10.8. The monoisotopic (exact) mass is 202 g/mol. The Bertz CT molecular complexity index is 296. The lowest BCUT2D eigenvalue weighted by Crippen LogP contribution is -2.30. The van der Waals surface area contributed by atoms with Crippen LogP contribution in [0, 0.1) is 0 Å². The van der Waals surface area contributed by atoms with Crippen molar-refractivity contribution in [3.63, 3.8) is 0 Å². The molecule has 78 valence electrons. The van der Waals surface area contributed by atoms with E-state index in [0.29, 0.717) is 0 Å². The van der Waals surface area contributed by atoms with Gasteiger partial charge in [-0.15, -0.1) is 0 Å². The van der Waals surface area contributed by atoms with Crippen LogP contribution in [0.5, 0.6) is 0 Å². The SMILES string of the molecule is C[C@@H]1OC[C@H]([C@@H]2OC(=O)C(O)=C2O)O1. The van der Waals surface area contributed by atoms with E-state index in [1.165, 1.54) is 0 Å². The molecular weight excluding hydrogens is 192 g/mol. The first kappa shape index (κ1) is 9.29. The van der Waals surface area contributed by atoms with E-state index < -0.39 is 36.0 Å². The molecule has 14 heavy (non-hydrogen) atoms. The minimum atomic E-state index is -0.951. The van der Waals surface area contributed by atoms with Gasteiger partial charge in [0.05, 0.1) is 6.61 Å². The number of aliphatic hydroxyl groups is 2. The third-order valence-electron chi connectivity index (χ3n) is 2.14. The number of carbonyl (C=O) groups is 1. The van der Waals surface area contributed by atoms with Crippen molar-refractivity contribution in [2.45, 2.75) is 25.4 Å². The first-order valence-electron chi connectivity index (χ1n) is 4.19. The first-order chi connectivity index (χ1) is 6.59. The second kappa shape index (κ2) is 3.14. The Morgan fingerprint density at radius 2 is 2.14 bits per heavy atom. The normalized spacial score (nSPS) is 37.8. The number of rotatable bonds is 1. The van der Waals surface area contributed by atoms with Gasteiger partial charge in [0.1, 0.15) is 6.10 Å². The van der Waals surface area contributed by atoms with Crippen LogP contribution >= 0.6 is 0 Å². The largest absolute Gasteiger partial charge is 0.505 e. The fraction of sp³-hybridized carbons (Fsp3) is 0.625. The van der Waals surface area contributed by atoms with Crippen molar-refractivity contribution in [2.75, 3.05) is 6.61 Å². The molecule has 0 aromatic heterocycles. The number of ether oxygens (including phenoxy) is 3. The van der Waals surface area contributed by atoms with Crippen LogP contribution in [0.15, 0.2) is 11.5 Å². The summed E-state index contributed by atoms with van der Waals surface area (Å²) in [6.45, 7) is 1.91. The van der Waals surface area contributed by atoms with Crippen LogP contribution in [-0.4, -0.2) is 41.3 Å². The number of hydrogen-bond donors (Lipinski definition) is 2. The van der Waals surface area contributed by atoms with Crippen LogP contribution in [0.1, 0.15) is 6.92 Å². The van der Waals surface area contributed by atoms with Crippen LogP contribution in [0.25, 0.3) is 0 Å². The maximum atomic E-state index is 10.8. The highest BCUT2D eigenvalue weighted by Crippen LogP contribution is 2.26. The summed E-state index contributed by atoms with van der Waals surface area (Å²) in [6, 6.07) is 0. The van der Waals surface area contributed by atoms with E-state index >= 15 is 0 Å². The molecule has 0 unspecified atom stereocenters. The summed E-state index contributed by atoms with van der Waals surface area (Å²) in [5, 5.41) is 18.3. The Balaban J connectivity index is 2.11. The molecule has 2 rings (SSSR count). The lowest BCUT2D eigenvalue weighted by Gasteiger charge is -2.15. The van der Waals surface area contributed by atoms with E-state index in [1.54, 1.807) is 6.92 Å². The summed E-state index contributed by atoms with van der Waals surface area (Å²) in [7, 11) is 0. The number of esters is 1. The van der Waals surface area contributed by atoms with E-state index in [1.807, 2.05) is 0 Å². The van der Waals surface area contributed by atoms with Gasteiger partial charge < -0.3 is 24.4 Å². The summed E-state index contributed by atoms with van der Waals surface area (Å²) >= 11 is 0. The molecule has 1 fully saturated rings. The number of carbonyl (C=O) groups excluding carboxylic acids is 1. The van der Waals surface area contributed by atoms with E-state index in [2.05, 4.69) is 0 Å². The smallest absolute Gasteiger partial charge is 0.377 e. The molecule has 0 aromatic rings. The van der Waals surface area contributed by atoms with E-state index in [9.17, 15) is 9.90 Å². The van der Waals surface area contributed by atoms with Crippen molar-refractivity contribution in [1.82, 2.24) is 0 Å². The lowest BCUT2D eigenvalue weighted by molar-refractivity contribution is -0.148. The highest BCUT2D eigenvalue weighted by Gasteiger charge is 2.43. The molecule has 0 saturated carbocycles. The molecule has 2 heterocycles. The van der Waals surface area contributed by atoms with Gasteiger partial charge in [-0.2, -0.15) is 0 Å². The van der Waals surface area contributed by atoms with Crippen molar-refractivity contribution in [3.8, 4) is 0 Å². The molecule has 0 spiro atoms. The van der Waals surface area contributed by atoms with Crippen molar-refractivity contribution in [3.05, 3.63) is 11.5 Å². The van der Waals surface area contributed by atoms with Gasteiger partial charge in [0.25, 0.3) is 0 Å². The van der Waals surface area contributed by atoms with Gasteiger partial charge in [-0.1, -0.05) is 0 Å². The van der Waals surface area contributed by atoms with Gasteiger partial charge >= 0.3 is 5.97 Å². The minimum absolute atomic E-state index is 0.219. The maximum Gasteiger partial charge on any atom is 0.377 e. The Kier molecular flexibility index (Phi) is 2.09. The molecule has 6 heteroatoms. The molecule has 3 atom stereocenters. The van der Waals surface area contributed by atoms with Gasteiger partial charge in [-0.3, -0.25) is 0 Å². The zero-order valence-electron chi connectivity index (χ0n) is 7.47. The van der Waals surface area contributed by atoms with E-state index in [4.69, 9.17) is 19.3 Å². The summed E-state index contributed by atoms with van der Waals surface area (Å²) in [5.41, 5.74) is 0. The number of hydrogen-bond acceptors (Lipinski definition) is 6. The molecule has 1 saturated heterocycles. The fourth-order valence-electron chi connectivity index (χ4n) is 1.43. The number of cyclic esters (lactones) is 1. The van der Waals surface area contributed by atoms with E-state index in [0.717, 1.165) is 0 Å². The van der Waals surface area contributed by atoms with Crippen LogP contribution in [0.3, 0.4) is 0 Å². The molecule has 0 aromatic carbocycles. The molecule has 2 aliphatic rings. The standard InChI is InChI=1S/C8H10O6/c1-3-12-2-4(13-3)7-5(9)6(10)8(11)14-7/h3-4,7,9-10H,2H2,1H3/t3-,4-,7+/m1/s1. The Morgan fingerprint density at radius 3 is 2.57 bits per heavy atom. The van der Waals surface area contributed by atoms with Crippen LogP contribution in [0.2, 0.25) is 0 Å². The maximum absolute atomic E-state index is 10.8. The van der Waals surface area contributed by atoms with Crippen molar-refractivity contribution in [1.29, 1.82) is 0 Å². The molecular formula is C8H10O6. The molecule has 0 aliphatic carbocycles. The molecule has 2 N–H and O–H groups in total. The van der Waals surface area contributed by atoms with Crippen LogP contribution in [-0.2, 0) is 19.0 Å². The zero-order chi connectivity index (χ0) is 10.3. The predicted octanol–water partition coefficient (Wildman–Crippen LogP) is 0.000800. The van der Waals surface area contributed by atoms with Crippen LogP contribution in [0.4, 0.5) is 0 Å². The van der Waals surface area contributed by atoms with Crippen molar-refractivity contribution >= 4 is 5.97 Å². The summed E-state index contributed by atoms with van der Waals surface area (Å²) in [6.07, 6.45) is -1.90. The van der Waals surface area contributed by atoms with Gasteiger partial charge in [0, 0.05) is 0 Å². The molecule has 6 nitrogen and oxygen atoms in total. The molecule has 0 bridgehead atoms. The fourth-order valence-corrected chi connectivity index (χ4v) is 1.43. The predicted molar refractivity (Wildman–Crippen MR) is 42.5 cm³/mol. The zero-order valence-corrected chi connectivity index (χ0v) is 7.47. The Morgan fingerprint density at radius 1 is 1.43 bits per heavy atom. The Labute approximate surface area is 79.7 Å². The average Bonchev–Trinajstić information content (AvgIpc) is 2.66. The lowest BCUT2D eigenvalue weighted by atomic mass is 10.2. The number of aliphatic hydroxyl groups excluding tert-OH is 2.